The number of aryl methyl sites for hydroxylation is 1. The monoisotopic (exact) mass is 455 g/mol. The molecular formula is C24H30FN5OS. The number of carbonyl (C=O) groups excluding carboxylic acids is 1. The van der Waals surface area contributed by atoms with Crippen molar-refractivity contribution in [3.8, 4) is 11.3 Å². The SMILES string of the molecule is Cc1csc2nc(-c3ccc(F)cc3)c(CN3CCN(C(=O)NC4CCCCC4)CC3)n12. The van der Waals surface area contributed by atoms with Crippen molar-refractivity contribution in [3.63, 3.8) is 0 Å². The van der Waals surface area contributed by atoms with Gasteiger partial charge < -0.3 is 10.2 Å². The first-order valence-electron chi connectivity index (χ1n) is 11.6. The van der Waals surface area contributed by atoms with E-state index in [4.69, 9.17) is 4.98 Å². The van der Waals surface area contributed by atoms with Gasteiger partial charge in [-0.15, -0.1) is 11.3 Å². The minimum absolute atomic E-state index is 0.0870. The smallest absolute Gasteiger partial charge is 0.317 e. The first kappa shape index (κ1) is 21.4. The Bertz CT molecular complexity index is 1080. The molecule has 1 aliphatic carbocycles. The maximum absolute atomic E-state index is 13.5. The second kappa shape index (κ2) is 9.19. The number of thiazole rings is 1. The lowest BCUT2D eigenvalue weighted by Crippen LogP contribution is -2.53. The molecule has 1 saturated carbocycles. The van der Waals surface area contributed by atoms with Gasteiger partial charge in [-0.05, 0) is 44.0 Å². The zero-order valence-corrected chi connectivity index (χ0v) is 19.3. The molecular weight excluding hydrogens is 425 g/mol. The number of nitrogens with zero attached hydrogens (tertiary/aromatic N) is 4. The van der Waals surface area contributed by atoms with Gasteiger partial charge in [0.1, 0.15) is 5.82 Å². The number of imidazole rings is 1. The van der Waals surface area contributed by atoms with Crippen LogP contribution < -0.4 is 5.32 Å². The molecule has 6 nitrogen and oxygen atoms in total. The molecule has 32 heavy (non-hydrogen) atoms. The van der Waals surface area contributed by atoms with Crippen LogP contribution in [0.15, 0.2) is 29.6 Å². The molecule has 3 aromatic rings. The van der Waals surface area contributed by atoms with Crippen LogP contribution >= 0.6 is 11.3 Å². The van der Waals surface area contributed by atoms with Crippen LogP contribution in [0.1, 0.15) is 43.5 Å². The Morgan fingerprint density at radius 2 is 1.84 bits per heavy atom. The lowest BCUT2D eigenvalue weighted by atomic mass is 9.96. The van der Waals surface area contributed by atoms with Gasteiger partial charge in [0.05, 0.1) is 11.4 Å². The van der Waals surface area contributed by atoms with E-state index < -0.39 is 0 Å². The molecule has 0 radical (unpaired) electrons. The number of urea groups is 1. The number of halogens is 1. The maximum Gasteiger partial charge on any atom is 0.317 e. The van der Waals surface area contributed by atoms with Crippen molar-refractivity contribution in [2.45, 2.75) is 51.6 Å². The highest BCUT2D eigenvalue weighted by Gasteiger charge is 2.26. The van der Waals surface area contributed by atoms with Crippen molar-refractivity contribution < 1.29 is 9.18 Å². The number of amides is 2. The number of aromatic nitrogens is 2. The molecule has 0 bridgehead atoms. The van der Waals surface area contributed by atoms with Gasteiger partial charge in [0, 0.05) is 55.4 Å². The highest BCUT2D eigenvalue weighted by Crippen LogP contribution is 2.30. The predicted octanol–water partition coefficient (Wildman–Crippen LogP) is 4.67. The lowest BCUT2D eigenvalue weighted by molar-refractivity contribution is 0.131. The van der Waals surface area contributed by atoms with Gasteiger partial charge in [-0.1, -0.05) is 19.3 Å². The molecule has 0 unspecified atom stereocenters. The van der Waals surface area contributed by atoms with Gasteiger partial charge in [0.15, 0.2) is 4.96 Å². The summed E-state index contributed by atoms with van der Waals surface area (Å²) in [5, 5.41) is 5.36. The van der Waals surface area contributed by atoms with Crippen LogP contribution in [0.3, 0.4) is 0 Å². The van der Waals surface area contributed by atoms with Crippen LogP contribution in [0.4, 0.5) is 9.18 Å². The summed E-state index contributed by atoms with van der Waals surface area (Å²) in [6.45, 7) is 5.97. The van der Waals surface area contributed by atoms with Gasteiger partial charge in [0.25, 0.3) is 0 Å². The van der Waals surface area contributed by atoms with Crippen molar-refractivity contribution in [3.05, 3.63) is 46.9 Å². The molecule has 1 N–H and O–H groups in total. The summed E-state index contributed by atoms with van der Waals surface area (Å²) in [6, 6.07) is 7.01. The second-order valence-corrected chi connectivity index (χ2v) is 9.79. The molecule has 1 saturated heterocycles. The summed E-state index contributed by atoms with van der Waals surface area (Å²) in [5.41, 5.74) is 4.14. The van der Waals surface area contributed by atoms with Crippen molar-refractivity contribution >= 4 is 22.3 Å². The quantitative estimate of drug-likeness (QED) is 0.622. The van der Waals surface area contributed by atoms with Crippen LogP contribution in [0.25, 0.3) is 16.2 Å². The number of benzene rings is 1. The number of hydrogen-bond acceptors (Lipinski definition) is 4. The zero-order valence-electron chi connectivity index (χ0n) is 18.5. The molecule has 1 aliphatic heterocycles. The number of rotatable bonds is 4. The largest absolute Gasteiger partial charge is 0.335 e. The molecule has 2 fully saturated rings. The Kier molecular flexibility index (Phi) is 6.15. The summed E-state index contributed by atoms with van der Waals surface area (Å²) >= 11 is 1.63. The number of piperazine rings is 1. The highest BCUT2D eigenvalue weighted by molar-refractivity contribution is 7.15. The van der Waals surface area contributed by atoms with E-state index in [0.717, 1.165) is 73.2 Å². The summed E-state index contributed by atoms with van der Waals surface area (Å²) in [4.78, 5) is 22.9. The Labute approximate surface area is 192 Å². The van der Waals surface area contributed by atoms with Gasteiger partial charge in [-0.3, -0.25) is 9.30 Å². The minimum atomic E-state index is -0.241. The van der Waals surface area contributed by atoms with Crippen molar-refractivity contribution in [1.29, 1.82) is 0 Å². The first-order valence-corrected chi connectivity index (χ1v) is 12.5. The Balaban J connectivity index is 1.28. The first-order chi connectivity index (χ1) is 15.6. The minimum Gasteiger partial charge on any atom is -0.335 e. The third kappa shape index (κ3) is 4.38. The van der Waals surface area contributed by atoms with E-state index in [0.29, 0.717) is 6.04 Å². The normalized spacial score (nSPS) is 18.4. The Morgan fingerprint density at radius 1 is 1.12 bits per heavy atom. The highest BCUT2D eigenvalue weighted by atomic mass is 32.1. The van der Waals surface area contributed by atoms with Crippen LogP contribution in [0.5, 0.6) is 0 Å². The third-order valence-corrected chi connectivity index (χ3v) is 7.66. The molecule has 5 rings (SSSR count). The van der Waals surface area contributed by atoms with E-state index in [-0.39, 0.29) is 11.8 Å². The van der Waals surface area contributed by atoms with E-state index in [2.05, 4.69) is 26.9 Å². The van der Waals surface area contributed by atoms with Gasteiger partial charge in [-0.2, -0.15) is 0 Å². The Morgan fingerprint density at radius 3 is 2.56 bits per heavy atom. The summed E-state index contributed by atoms with van der Waals surface area (Å²) in [5.74, 6) is -0.241. The van der Waals surface area contributed by atoms with E-state index in [9.17, 15) is 9.18 Å². The van der Waals surface area contributed by atoms with E-state index >= 15 is 0 Å². The molecule has 8 heteroatoms. The standard InChI is InChI=1S/C24H30FN5OS/c1-17-16-32-24-27-22(18-7-9-19(25)10-8-18)21(30(17)24)15-28-11-13-29(14-12-28)23(31)26-20-5-3-2-4-6-20/h7-10,16,20H,2-6,11-15H2,1H3,(H,26,31). The fourth-order valence-electron chi connectivity index (χ4n) is 4.88. The van der Waals surface area contributed by atoms with Crippen LogP contribution in [0.2, 0.25) is 0 Å². The third-order valence-electron chi connectivity index (χ3n) is 6.71. The average molecular weight is 456 g/mol. The number of fused-ring (bicyclic) bond motifs is 1. The van der Waals surface area contributed by atoms with Crippen molar-refractivity contribution in [1.82, 2.24) is 24.5 Å². The molecule has 0 spiro atoms. The molecule has 170 valence electrons. The predicted molar refractivity (Wildman–Crippen MR) is 125 cm³/mol. The van der Waals surface area contributed by atoms with Crippen LogP contribution in [-0.4, -0.2) is 57.4 Å². The van der Waals surface area contributed by atoms with E-state index in [1.807, 2.05) is 4.90 Å². The van der Waals surface area contributed by atoms with Gasteiger partial charge >= 0.3 is 6.03 Å². The summed E-state index contributed by atoms with van der Waals surface area (Å²) in [7, 11) is 0. The fraction of sp³-hybridized carbons (Fsp3) is 0.500. The molecule has 2 amide bonds. The lowest BCUT2D eigenvalue weighted by Gasteiger charge is -2.36. The van der Waals surface area contributed by atoms with Crippen molar-refractivity contribution in [2.24, 2.45) is 0 Å². The van der Waals surface area contributed by atoms with Crippen molar-refractivity contribution in [2.75, 3.05) is 26.2 Å². The van der Waals surface area contributed by atoms with E-state index in [1.54, 1.807) is 23.5 Å². The molecule has 3 heterocycles. The molecule has 2 aromatic heterocycles. The maximum atomic E-state index is 13.5. The Hall–Kier alpha value is -2.45. The fourth-order valence-corrected chi connectivity index (χ4v) is 5.77. The van der Waals surface area contributed by atoms with Crippen LogP contribution in [0, 0.1) is 12.7 Å². The number of hydrogen-bond donors (Lipinski definition) is 1. The van der Waals surface area contributed by atoms with Gasteiger partial charge in [0.2, 0.25) is 0 Å². The number of carbonyl (C=O) groups is 1. The zero-order chi connectivity index (χ0) is 22.1. The van der Waals surface area contributed by atoms with Crippen LogP contribution in [-0.2, 0) is 6.54 Å². The average Bonchev–Trinajstić information content (AvgIpc) is 3.35. The molecule has 0 atom stereocenters. The molecule has 2 aliphatic rings. The summed E-state index contributed by atoms with van der Waals surface area (Å²) < 4.78 is 15.7. The summed E-state index contributed by atoms with van der Waals surface area (Å²) in [6.07, 6.45) is 5.94. The second-order valence-electron chi connectivity index (χ2n) is 8.96. The molecule has 1 aromatic carbocycles. The van der Waals surface area contributed by atoms with E-state index in [1.165, 1.54) is 31.4 Å². The topological polar surface area (TPSA) is 52.9 Å². The van der Waals surface area contributed by atoms with Gasteiger partial charge in [-0.25, -0.2) is 14.2 Å². The number of nitrogens with one attached hydrogen (secondary N) is 1.